The Bertz CT molecular complexity index is 700. The topological polar surface area (TPSA) is 78.8 Å². The molecular formula is C18H27N5O3. The molecule has 26 heavy (non-hydrogen) atoms. The van der Waals surface area contributed by atoms with Crippen LogP contribution < -0.4 is 0 Å². The van der Waals surface area contributed by atoms with Gasteiger partial charge in [-0.25, -0.2) is 0 Å². The zero-order valence-electron chi connectivity index (χ0n) is 15.8. The Hall–Kier alpha value is -2.38. The number of amides is 3. The van der Waals surface area contributed by atoms with E-state index in [-0.39, 0.29) is 11.9 Å². The van der Waals surface area contributed by atoms with E-state index in [4.69, 9.17) is 0 Å². The van der Waals surface area contributed by atoms with Crippen molar-refractivity contribution < 1.29 is 14.4 Å². The normalized spacial score (nSPS) is 19.0. The van der Waals surface area contributed by atoms with Gasteiger partial charge in [-0.15, -0.1) is 0 Å². The summed E-state index contributed by atoms with van der Waals surface area (Å²) in [6, 6.07) is 1.57. The van der Waals surface area contributed by atoms with Crippen LogP contribution in [0.1, 0.15) is 37.2 Å². The van der Waals surface area contributed by atoms with Crippen LogP contribution in [0.5, 0.6) is 0 Å². The second kappa shape index (κ2) is 7.47. The van der Waals surface area contributed by atoms with E-state index in [1.807, 2.05) is 26.8 Å². The van der Waals surface area contributed by atoms with Gasteiger partial charge in [0, 0.05) is 45.0 Å². The van der Waals surface area contributed by atoms with Gasteiger partial charge in [-0.2, -0.15) is 5.10 Å². The number of aromatic nitrogens is 2. The first-order valence-electron chi connectivity index (χ1n) is 9.28. The molecule has 1 atom stereocenters. The van der Waals surface area contributed by atoms with Crippen LogP contribution in [0, 0.1) is 13.8 Å². The minimum absolute atomic E-state index is 0.00540. The SMILES string of the molecule is Cc1cc(C)n(C(C)C(=O)N2CCN(C(=O)C(=O)N3CCCC3)CC2)n1. The van der Waals surface area contributed by atoms with E-state index in [1.165, 1.54) is 0 Å². The molecule has 3 heterocycles. The first-order valence-corrected chi connectivity index (χ1v) is 9.28. The first kappa shape index (κ1) is 18.4. The number of nitrogens with zero attached hydrogens (tertiary/aromatic N) is 5. The van der Waals surface area contributed by atoms with Gasteiger partial charge < -0.3 is 14.7 Å². The highest BCUT2D eigenvalue weighted by molar-refractivity contribution is 6.35. The molecule has 0 saturated carbocycles. The number of aryl methyl sites for hydroxylation is 2. The predicted molar refractivity (Wildman–Crippen MR) is 95.4 cm³/mol. The molecule has 0 bridgehead atoms. The molecule has 3 rings (SSSR count). The summed E-state index contributed by atoms with van der Waals surface area (Å²) in [6.45, 7) is 8.71. The molecule has 1 unspecified atom stereocenters. The second-order valence-corrected chi connectivity index (χ2v) is 7.16. The summed E-state index contributed by atoms with van der Waals surface area (Å²) in [6.07, 6.45) is 1.93. The molecule has 0 spiro atoms. The van der Waals surface area contributed by atoms with Crippen molar-refractivity contribution in [1.82, 2.24) is 24.5 Å². The van der Waals surface area contributed by atoms with Gasteiger partial charge in [-0.3, -0.25) is 19.1 Å². The Morgan fingerprint density at radius 3 is 1.88 bits per heavy atom. The van der Waals surface area contributed by atoms with E-state index in [1.54, 1.807) is 19.4 Å². The lowest BCUT2D eigenvalue weighted by Crippen LogP contribution is -2.55. The first-order chi connectivity index (χ1) is 12.4. The van der Waals surface area contributed by atoms with Crippen molar-refractivity contribution in [2.24, 2.45) is 0 Å². The third-order valence-electron chi connectivity index (χ3n) is 5.22. The second-order valence-electron chi connectivity index (χ2n) is 7.16. The summed E-state index contributed by atoms with van der Waals surface area (Å²) >= 11 is 0. The monoisotopic (exact) mass is 361 g/mol. The minimum Gasteiger partial charge on any atom is -0.337 e. The zero-order chi connectivity index (χ0) is 18.8. The van der Waals surface area contributed by atoms with Crippen LogP contribution in [-0.4, -0.2) is 81.5 Å². The molecule has 2 saturated heterocycles. The van der Waals surface area contributed by atoms with E-state index in [0.29, 0.717) is 39.3 Å². The maximum absolute atomic E-state index is 12.8. The van der Waals surface area contributed by atoms with Crippen molar-refractivity contribution in [2.45, 2.75) is 39.7 Å². The van der Waals surface area contributed by atoms with Crippen LogP contribution in [0.4, 0.5) is 0 Å². The largest absolute Gasteiger partial charge is 0.337 e. The van der Waals surface area contributed by atoms with Crippen molar-refractivity contribution in [3.05, 3.63) is 17.5 Å². The maximum atomic E-state index is 12.8. The summed E-state index contributed by atoms with van der Waals surface area (Å²) in [5, 5.41) is 4.39. The number of piperazine rings is 1. The fraction of sp³-hybridized carbons (Fsp3) is 0.667. The third-order valence-corrected chi connectivity index (χ3v) is 5.22. The lowest BCUT2D eigenvalue weighted by Gasteiger charge is -2.36. The fourth-order valence-electron chi connectivity index (χ4n) is 3.73. The van der Waals surface area contributed by atoms with Gasteiger partial charge in [-0.1, -0.05) is 0 Å². The molecule has 2 fully saturated rings. The van der Waals surface area contributed by atoms with Crippen LogP contribution in [0.25, 0.3) is 0 Å². The van der Waals surface area contributed by atoms with Crippen LogP contribution >= 0.6 is 0 Å². The maximum Gasteiger partial charge on any atom is 0.312 e. The molecule has 2 aliphatic heterocycles. The van der Waals surface area contributed by atoms with Crippen molar-refractivity contribution in [2.75, 3.05) is 39.3 Å². The lowest BCUT2D eigenvalue weighted by molar-refractivity contribution is -0.153. The molecular weight excluding hydrogens is 334 g/mol. The number of carbonyl (C=O) groups is 3. The lowest BCUT2D eigenvalue weighted by atomic mass is 10.2. The van der Waals surface area contributed by atoms with Gasteiger partial charge in [0.05, 0.1) is 5.69 Å². The summed E-state index contributed by atoms with van der Waals surface area (Å²) < 4.78 is 1.74. The molecule has 1 aromatic rings. The van der Waals surface area contributed by atoms with Gasteiger partial charge in [0.2, 0.25) is 5.91 Å². The Labute approximate surface area is 153 Å². The Balaban J connectivity index is 1.56. The van der Waals surface area contributed by atoms with E-state index in [9.17, 15) is 14.4 Å². The molecule has 3 amide bonds. The van der Waals surface area contributed by atoms with Gasteiger partial charge in [0.25, 0.3) is 0 Å². The van der Waals surface area contributed by atoms with E-state index in [0.717, 1.165) is 24.2 Å². The molecule has 0 radical (unpaired) electrons. The smallest absolute Gasteiger partial charge is 0.312 e. The summed E-state index contributed by atoms with van der Waals surface area (Å²) in [7, 11) is 0. The highest BCUT2D eigenvalue weighted by atomic mass is 16.2. The standard InChI is InChI=1S/C18H27N5O3/c1-13-12-14(2)23(19-13)15(3)16(24)21-8-10-22(11-9-21)18(26)17(25)20-6-4-5-7-20/h12,15H,4-11H2,1-3H3. The van der Waals surface area contributed by atoms with Gasteiger partial charge in [-0.05, 0) is 39.7 Å². The zero-order valence-corrected chi connectivity index (χ0v) is 15.8. The van der Waals surface area contributed by atoms with E-state index < -0.39 is 11.8 Å². The van der Waals surface area contributed by atoms with Crippen LogP contribution in [0.3, 0.4) is 0 Å². The fourth-order valence-corrected chi connectivity index (χ4v) is 3.73. The average Bonchev–Trinajstić information content (AvgIpc) is 3.29. The van der Waals surface area contributed by atoms with Gasteiger partial charge in [0.15, 0.2) is 0 Å². The van der Waals surface area contributed by atoms with Crippen molar-refractivity contribution in [3.8, 4) is 0 Å². The number of hydrogen-bond donors (Lipinski definition) is 0. The Morgan fingerprint density at radius 2 is 1.38 bits per heavy atom. The summed E-state index contributed by atoms with van der Waals surface area (Å²) in [4.78, 5) is 42.3. The summed E-state index contributed by atoms with van der Waals surface area (Å²) in [5.41, 5.74) is 1.84. The molecule has 0 N–H and O–H groups in total. The van der Waals surface area contributed by atoms with Crippen molar-refractivity contribution >= 4 is 17.7 Å². The quantitative estimate of drug-likeness (QED) is 0.712. The molecule has 8 heteroatoms. The number of likely N-dealkylation sites (tertiary alicyclic amines) is 1. The number of carbonyl (C=O) groups excluding carboxylic acids is 3. The average molecular weight is 361 g/mol. The molecule has 0 aromatic carbocycles. The molecule has 8 nitrogen and oxygen atoms in total. The van der Waals surface area contributed by atoms with Crippen LogP contribution in [0.2, 0.25) is 0 Å². The minimum atomic E-state index is -0.439. The molecule has 142 valence electrons. The van der Waals surface area contributed by atoms with E-state index >= 15 is 0 Å². The third kappa shape index (κ3) is 3.59. The van der Waals surface area contributed by atoms with E-state index in [2.05, 4.69) is 5.10 Å². The molecule has 2 aliphatic rings. The molecule has 1 aromatic heterocycles. The summed E-state index contributed by atoms with van der Waals surface area (Å²) in [5.74, 6) is -0.849. The van der Waals surface area contributed by atoms with Crippen molar-refractivity contribution in [3.63, 3.8) is 0 Å². The predicted octanol–water partition coefficient (Wildman–Crippen LogP) is 0.354. The Kier molecular flexibility index (Phi) is 5.29. The van der Waals surface area contributed by atoms with Gasteiger partial charge in [0.1, 0.15) is 6.04 Å². The van der Waals surface area contributed by atoms with Crippen LogP contribution in [0.15, 0.2) is 6.07 Å². The van der Waals surface area contributed by atoms with Crippen molar-refractivity contribution in [1.29, 1.82) is 0 Å². The Morgan fingerprint density at radius 1 is 0.885 bits per heavy atom. The molecule has 0 aliphatic carbocycles. The highest BCUT2D eigenvalue weighted by Crippen LogP contribution is 2.16. The van der Waals surface area contributed by atoms with Gasteiger partial charge >= 0.3 is 11.8 Å². The number of rotatable bonds is 2. The van der Waals surface area contributed by atoms with Crippen LogP contribution in [-0.2, 0) is 14.4 Å². The number of hydrogen-bond acceptors (Lipinski definition) is 4. The highest BCUT2D eigenvalue weighted by Gasteiger charge is 2.33.